The SMILES string of the molecule is Cc1nc(CC(C)C)cc(-c2nc(-c3c(C)ncc4c3CCNC4)no2)n1. The molecule has 0 saturated heterocycles. The highest BCUT2D eigenvalue weighted by atomic mass is 16.5. The first-order valence-corrected chi connectivity index (χ1v) is 9.38. The molecule has 1 aliphatic heterocycles. The fraction of sp³-hybridized carbons (Fsp3) is 0.450. The van der Waals surface area contributed by atoms with Gasteiger partial charge >= 0.3 is 0 Å². The number of nitrogens with zero attached hydrogens (tertiary/aromatic N) is 5. The third-order valence-corrected chi connectivity index (χ3v) is 4.71. The Morgan fingerprint density at radius 2 is 2.04 bits per heavy atom. The summed E-state index contributed by atoms with van der Waals surface area (Å²) in [7, 11) is 0. The molecule has 0 spiro atoms. The third-order valence-electron chi connectivity index (χ3n) is 4.71. The molecule has 140 valence electrons. The Kier molecular flexibility index (Phi) is 4.70. The fourth-order valence-corrected chi connectivity index (χ4v) is 3.56. The van der Waals surface area contributed by atoms with Crippen molar-refractivity contribution in [2.45, 2.75) is 47.1 Å². The van der Waals surface area contributed by atoms with E-state index in [1.165, 1.54) is 11.1 Å². The van der Waals surface area contributed by atoms with Gasteiger partial charge in [-0.05, 0) is 56.3 Å². The minimum absolute atomic E-state index is 0.423. The summed E-state index contributed by atoms with van der Waals surface area (Å²) in [6.07, 6.45) is 3.76. The maximum Gasteiger partial charge on any atom is 0.276 e. The number of hydrogen-bond acceptors (Lipinski definition) is 7. The van der Waals surface area contributed by atoms with E-state index in [-0.39, 0.29) is 0 Å². The summed E-state index contributed by atoms with van der Waals surface area (Å²) in [4.78, 5) is 18.2. The molecule has 0 unspecified atom stereocenters. The lowest BCUT2D eigenvalue weighted by Crippen LogP contribution is -2.24. The van der Waals surface area contributed by atoms with Crippen LogP contribution in [0, 0.1) is 19.8 Å². The van der Waals surface area contributed by atoms with E-state index >= 15 is 0 Å². The van der Waals surface area contributed by atoms with Gasteiger partial charge in [-0.3, -0.25) is 4.98 Å². The van der Waals surface area contributed by atoms with Gasteiger partial charge in [-0.2, -0.15) is 4.98 Å². The molecule has 0 radical (unpaired) electrons. The minimum Gasteiger partial charge on any atom is -0.332 e. The number of aryl methyl sites for hydroxylation is 2. The van der Waals surface area contributed by atoms with Crippen LogP contribution in [0.25, 0.3) is 23.0 Å². The van der Waals surface area contributed by atoms with Crippen LogP contribution in [0.15, 0.2) is 16.8 Å². The molecule has 3 aromatic rings. The van der Waals surface area contributed by atoms with Crippen molar-refractivity contribution in [3.8, 4) is 23.0 Å². The van der Waals surface area contributed by atoms with E-state index in [4.69, 9.17) is 4.52 Å². The predicted octanol–water partition coefficient (Wildman–Crippen LogP) is 3.05. The zero-order valence-electron chi connectivity index (χ0n) is 16.2. The summed E-state index contributed by atoms with van der Waals surface area (Å²) < 4.78 is 5.57. The lowest BCUT2D eigenvalue weighted by Gasteiger charge is -2.19. The molecule has 27 heavy (non-hydrogen) atoms. The second kappa shape index (κ2) is 7.15. The normalized spacial score (nSPS) is 13.8. The van der Waals surface area contributed by atoms with Gasteiger partial charge in [0.2, 0.25) is 5.82 Å². The Morgan fingerprint density at radius 3 is 2.85 bits per heavy atom. The Hall–Kier alpha value is -2.67. The van der Waals surface area contributed by atoms with Crippen LogP contribution in [0.2, 0.25) is 0 Å². The molecule has 0 bridgehead atoms. The Balaban J connectivity index is 1.74. The molecule has 4 heterocycles. The average molecular weight is 364 g/mol. The Labute approximate surface area is 158 Å². The summed E-state index contributed by atoms with van der Waals surface area (Å²) in [5, 5.41) is 7.62. The van der Waals surface area contributed by atoms with Crippen LogP contribution in [0.5, 0.6) is 0 Å². The maximum atomic E-state index is 5.57. The largest absolute Gasteiger partial charge is 0.332 e. The van der Waals surface area contributed by atoms with Crippen LogP contribution < -0.4 is 5.32 Å². The number of hydrogen-bond donors (Lipinski definition) is 1. The molecule has 0 saturated carbocycles. The third kappa shape index (κ3) is 3.60. The summed E-state index contributed by atoms with van der Waals surface area (Å²) >= 11 is 0. The van der Waals surface area contributed by atoms with E-state index in [9.17, 15) is 0 Å². The topological polar surface area (TPSA) is 89.6 Å². The molecule has 0 aromatic carbocycles. The summed E-state index contributed by atoms with van der Waals surface area (Å²) in [5.41, 5.74) is 6.03. The number of pyridine rings is 1. The predicted molar refractivity (Wildman–Crippen MR) is 102 cm³/mol. The van der Waals surface area contributed by atoms with Crippen molar-refractivity contribution >= 4 is 0 Å². The molecule has 0 fully saturated rings. The molecule has 1 aliphatic rings. The van der Waals surface area contributed by atoms with Crippen molar-refractivity contribution in [1.29, 1.82) is 0 Å². The van der Waals surface area contributed by atoms with Crippen molar-refractivity contribution in [2.75, 3.05) is 6.54 Å². The minimum atomic E-state index is 0.423. The number of rotatable bonds is 4. The summed E-state index contributed by atoms with van der Waals surface area (Å²) in [6, 6.07) is 1.94. The second-order valence-electron chi connectivity index (χ2n) is 7.46. The molecule has 3 aromatic heterocycles. The van der Waals surface area contributed by atoms with Gasteiger partial charge in [0.05, 0.1) is 0 Å². The van der Waals surface area contributed by atoms with Crippen LogP contribution in [-0.4, -0.2) is 31.6 Å². The molecule has 7 nitrogen and oxygen atoms in total. The fourth-order valence-electron chi connectivity index (χ4n) is 3.56. The van der Waals surface area contributed by atoms with Crippen molar-refractivity contribution in [3.63, 3.8) is 0 Å². The highest BCUT2D eigenvalue weighted by Gasteiger charge is 2.22. The molecule has 4 rings (SSSR count). The quantitative estimate of drug-likeness (QED) is 0.761. The number of fused-ring (bicyclic) bond motifs is 1. The van der Waals surface area contributed by atoms with Crippen molar-refractivity contribution in [3.05, 3.63) is 40.6 Å². The van der Waals surface area contributed by atoms with E-state index in [1.54, 1.807) is 0 Å². The molecule has 7 heteroatoms. The molecule has 0 aliphatic carbocycles. The van der Waals surface area contributed by atoms with E-state index in [0.717, 1.165) is 42.9 Å². The van der Waals surface area contributed by atoms with Gasteiger partial charge in [0.15, 0.2) is 0 Å². The smallest absolute Gasteiger partial charge is 0.276 e. The Bertz CT molecular complexity index is 979. The lowest BCUT2D eigenvalue weighted by molar-refractivity contribution is 0.430. The molecular weight excluding hydrogens is 340 g/mol. The summed E-state index contributed by atoms with van der Waals surface area (Å²) in [5.74, 6) is 2.23. The van der Waals surface area contributed by atoms with Gasteiger partial charge in [-0.1, -0.05) is 19.0 Å². The van der Waals surface area contributed by atoms with Crippen molar-refractivity contribution in [1.82, 2.24) is 30.4 Å². The van der Waals surface area contributed by atoms with Gasteiger partial charge in [0.1, 0.15) is 11.5 Å². The van der Waals surface area contributed by atoms with Gasteiger partial charge in [0.25, 0.3) is 5.89 Å². The Morgan fingerprint density at radius 1 is 1.19 bits per heavy atom. The second-order valence-corrected chi connectivity index (χ2v) is 7.46. The van der Waals surface area contributed by atoms with Gasteiger partial charge in [-0.25, -0.2) is 9.97 Å². The zero-order chi connectivity index (χ0) is 19.0. The van der Waals surface area contributed by atoms with Gasteiger partial charge in [0, 0.05) is 29.7 Å². The van der Waals surface area contributed by atoms with Gasteiger partial charge in [-0.15, -0.1) is 0 Å². The van der Waals surface area contributed by atoms with E-state index in [2.05, 4.69) is 44.3 Å². The van der Waals surface area contributed by atoms with Crippen molar-refractivity contribution < 1.29 is 4.52 Å². The number of nitrogens with one attached hydrogen (secondary N) is 1. The lowest BCUT2D eigenvalue weighted by atomic mass is 9.95. The van der Waals surface area contributed by atoms with Crippen LogP contribution in [0.4, 0.5) is 0 Å². The average Bonchev–Trinajstić information content (AvgIpc) is 3.10. The van der Waals surface area contributed by atoms with E-state index in [1.807, 2.05) is 26.1 Å². The van der Waals surface area contributed by atoms with Crippen LogP contribution in [0.3, 0.4) is 0 Å². The van der Waals surface area contributed by atoms with Crippen LogP contribution in [-0.2, 0) is 19.4 Å². The number of aromatic nitrogens is 5. The van der Waals surface area contributed by atoms with E-state index < -0.39 is 0 Å². The van der Waals surface area contributed by atoms with E-state index in [0.29, 0.717) is 29.2 Å². The first-order chi connectivity index (χ1) is 13.0. The first kappa shape index (κ1) is 17.7. The molecule has 0 atom stereocenters. The highest BCUT2D eigenvalue weighted by Crippen LogP contribution is 2.30. The molecular formula is C20H24N6O. The van der Waals surface area contributed by atoms with Gasteiger partial charge < -0.3 is 9.84 Å². The zero-order valence-corrected chi connectivity index (χ0v) is 16.2. The standard InChI is InChI=1S/C20H24N6O/c1-11(2)7-15-8-17(24-13(4)23-15)20-25-19(26-27-20)18-12(3)22-10-14-9-21-6-5-16(14)18/h8,10-11,21H,5-7,9H2,1-4H3. The summed E-state index contributed by atoms with van der Waals surface area (Å²) in [6.45, 7) is 9.99. The molecule has 1 N–H and O–H groups in total. The monoisotopic (exact) mass is 364 g/mol. The van der Waals surface area contributed by atoms with Crippen molar-refractivity contribution in [2.24, 2.45) is 5.92 Å². The van der Waals surface area contributed by atoms with Crippen LogP contribution in [0.1, 0.15) is 42.2 Å². The van der Waals surface area contributed by atoms with Crippen LogP contribution >= 0.6 is 0 Å². The maximum absolute atomic E-state index is 5.57. The first-order valence-electron chi connectivity index (χ1n) is 9.38. The molecule has 0 amide bonds. The highest BCUT2D eigenvalue weighted by molar-refractivity contribution is 5.66.